The minimum atomic E-state index is -0.295. The van der Waals surface area contributed by atoms with Crippen LogP contribution < -0.4 is 14.8 Å². The maximum absolute atomic E-state index is 12.7. The smallest absolute Gasteiger partial charge is 0.262 e. The van der Waals surface area contributed by atoms with Gasteiger partial charge in [0.05, 0.1) is 12.2 Å². The van der Waals surface area contributed by atoms with Gasteiger partial charge in [-0.15, -0.1) is 0 Å². The number of amides is 1. The molecule has 172 valence electrons. The van der Waals surface area contributed by atoms with Crippen LogP contribution in [0, 0.1) is 13.8 Å². The van der Waals surface area contributed by atoms with Crippen LogP contribution in [0.3, 0.4) is 0 Å². The molecule has 0 aliphatic heterocycles. The topological polar surface area (TPSA) is 81.7 Å². The van der Waals surface area contributed by atoms with E-state index in [1.807, 2.05) is 39.0 Å². The molecular weight excluding hydrogens is 430 g/mol. The summed E-state index contributed by atoms with van der Waals surface area (Å²) in [5, 5.41) is 2.82. The first-order valence-electron chi connectivity index (χ1n) is 11.0. The molecule has 4 rings (SSSR count). The second-order valence-electron chi connectivity index (χ2n) is 8.04. The standard InChI is InChI=1S/C28H25NO5/c1-4-33-25-15-19(14-23-27(31)21-7-5-6-8-22(21)28(23)32)10-12-24(25)34-16-26(30)29-20-11-9-17(2)18(3)13-20/h5-15H,4,16H2,1-3H3,(H,29,30). The molecule has 6 nitrogen and oxygen atoms in total. The molecule has 3 aromatic rings. The number of hydrogen-bond donors (Lipinski definition) is 1. The normalized spacial score (nSPS) is 12.4. The second-order valence-corrected chi connectivity index (χ2v) is 8.04. The van der Waals surface area contributed by atoms with Crippen molar-refractivity contribution in [1.82, 2.24) is 0 Å². The zero-order chi connectivity index (χ0) is 24.2. The Bertz CT molecular complexity index is 1290. The van der Waals surface area contributed by atoms with Crippen LogP contribution >= 0.6 is 0 Å². The highest BCUT2D eigenvalue weighted by atomic mass is 16.5. The van der Waals surface area contributed by atoms with Crippen molar-refractivity contribution in [3.63, 3.8) is 0 Å². The Morgan fingerprint density at radius 3 is 2.21 bits per heavy atom. The van der Waals surface area contributed by atoms with Crippen molar-refractivity contribution in [3.8, 4) is 11.5 Å². The number of nitrogens with one attached hydrogen (secondary N) is 1. The molecule has 0 bridgehead atoms. The third kappa shape index (κ3) is 4.76. The first-order chi connectivity index (χ1) is 16.4. The Hall–Kier alpha value is -4.19. The van der Waals surface area contributed by atoms with E-state index in [0.29, 0.717) is 40.5 Å². The molecule has 1 N–H and O–H groups in total. The summed E-state index contributed by atoms with van der Waals surface area (Å²) in [6.07, 6.45) is 1.56. The summed E-state index contributed by atoms with van der Waals surface area (Å²) < 4.78 is 11.4. The molecule has 1 amide bonds. The van der Waals surface area contributed by atoms with Crippen molar-refractivity contribution in [3.05, 3.63) is 94.1 Å². The van der Waals surface area contributed by atoms with Crippen LogP contribution in [0.2, 0.25) is 0 Å². The molecule has 0 atom stereocenters. The van der Waals surface area contributed by atoms with Gasteiger partial charge in [-0.1, -0.05) is 36.4 Å². The number of carbonyl (C=O) groups is 3. The van der Waals surface area contributed by atoms with Crippen LogP contribution in [0.25, 0.3) is 6.08 Å². The first-order valence-corrected chi connectivity index (χ1v) is 11.0. The summed E-state index contributed by atoms with van der Waals surface area (Å²) in [4.78, 5) is 37.7. The number of carbonyl (C=O) groups excluding carboxylic acids is 3. The van der Waals surface area contributed by atoms with Gasteiger partial charge in [0.1, 0.15) is 0 Å². The molecule has 0 saturated carbocycles. The van der Waals surface area contributed by atoms with Gasteiger partial charge in [-0.25, -0.2) is 0 Å². The predicted octanol–water partition coefficient (Wildman–Crippen LogP) is 5.18. The highest BCUT2D eigenvalue weighted by molar-refractivity contribution is 6.41. The molecule has 0 spiro atoms. The van der Waals surface area contributed by atoms with Crippen LogP contribution in [0.1, 0.15) is 44.3 Å². The van der Waals surface area contributed by atoms with E-state index in [-0.39, 0.29) is 29.7 Å². The lowest BCUT2D eigenvalue weighted by atomic mass is 10.1. The summed E-state index contributed by atoms with van der Waals surface area (Å²) in [5.41, 5.74) is 4.51. The van der Waals surface area contributed by atoms with Gasteiger partial charge in [-0.2, -0.15) is 0 Å². The Balaban J connectivity index is 1.49. The van der Waals surface area contributed by atoms with Gasteiger partial charge in [-0.3, -0.25) is 14.4 Å². The van der Waals surface area contributed by atoms with E-state index in [1.165, 1.54) is 0 Å². The molecule has 0 unspecified atom stereocenters. The highest BCUT2D eigenvalue weighted by Gasteiger charge is 2.32. The van der Waals surface area contributed by atoms with Gasteiger partial charge in [0.15, 0.2) is 29.7 Å². The summed E-state index contributed by atoms with van der Waals surface area (Å²) >= 11 is 0. The first kappa shape index (κ1) is 23.0. The zero-order valence-electron chi connectivity index (χ0n) is 19.3. The van der Waals surface area contributed by atoms with Gasteiger partial charge in [0.2, 0.25) is 0 Å². The van der Waals surface area contributed by atoms with Gasteiger partial charge in [-0.05, 0) is 67.8 Å². The molecule has 0 fully saturated rings. The lowest BCUT2D eigenvalue weighted by Gasteiger charge is -2.13. The number of hydrogen-bond acceptors (Lipinski definition) is 5. The summed E-state index contributed by atoms with van der Waals surface area (Å²) in [5.74, 6) is -0.0570. The van der Waals surface area contributed by atoms with Crippen LogP contribution in [-0.2, 0) is 4.79 Å². The predicted molar refractivity (Wildman–Crippen MR) is 131 cm³/mol. The number of Topliss-reactive ketones (excluding diaryl/α,β-unsaturated/α-hetero) is 2. The molecule has 6 heteroatoms. The fraction of sp³-hybridized carbons (Fsp3) is 0.179. The summed E-state index contributed by atoms with van der Waals surface area (Å²) in [6, 6.07) is 17.6. The number of anilines is 1. The number of fused-ring (bicyclic) bond motifs is 1. The van der Waals surface area contributed by atoms with Crippen molar-refractivity contribution < 1.29 is 23.9 Å². The fourth-order valence-electron chi connectivity index (χ4n) is 3.73. The van der Waals surface area contributed by atoms with E-state index >= 15 is 0 Å². The largest absolute Gasteiger partial charge is 0.490 e. The fourth-order valence-corrected chi connectivity index (χ4v) is 3.73. The Morgan fingerprint density at radius 1 is 0.853 bits per heavy atom. The molecule has 1 aliphatic carbocycles. The third-order valence-electron chi connectivity index (χ3n) is 5.63. The van der Waals surface area contributed by atoms with E-state index in [2.05, 4.69) is 5.32 Å². The van der Waals surface area contributed by atoms with Crippen LogP contribution in [0.5, 0.6) is 11.5 Å². The average Bonchev–Trinajstić information content (AvgIpc) is 3.06. The molecule has 34 heavy (non-hydrogen) atoms. The van der Waals surface area contributed by atoms with Crippen LogP contribution in [0.15, 0.2) is 66.2 Å². The minimum absolute atomic E-state index is 0.116. The maximum atomic E-state index is 12.7. The minimum Gasteiger partial charge on any atom is -0.490 e. The average molecular weight is 456 g/mol. The quantitative estimate of drug-likeness (QED) is 0.392. The highest BCUT2D eigenvalue weighted by Crippen LogP contribution is 2.32. The van der Waals surface area contributed by atoms with Crippen molar-refractivity contribution >= 4 is 29.2 Å². The Morgan fingerprint density at radius 2 is 1.56 bits per heavy atom. The van der Waals surface area contributed by atoms with Gasteiger partial charge < -0.3 is 14.8 Å². The number of ether oxygens (including phenoxy) is 2. The Kier molecular flexibility index (Phi) is 6.59. The number of aryl methyl sites for hydroxylation is 2. The Labute approximate surface area is 198 Å². The number of ketones is 2. The van der Waals surface area contributed by atoms with Gasteiger partial charge in [0.25, 0.3) is 5.91 Å². The third-order valence-corrected chi connectivity index (χ3v) is 5.63. The van der Waals surface area contributed by atoms with Gasteiger partial charge in [0, 0.05) is 16.8 Å². The summed E-state index contributed by atoms with van der Waals surface area (Å²) in [6.45, 7) is 6.02. The van der Waals surface area contributed by atoms with Crippen molar-refractivity contribution in [2.24, 2.45) is 0 Å². The second kappa shape index (κ2) is 9.75. The molecule has 0 heterocycles. The van der Waals surface area contributed by atoms with Crippen molar-refractivity contribution in [2.75, 3.05) is 18.5 Å². The van der Waals surface area contributed by atoms with Crippen LogP contribution in [0.4, 0.5) is 5.69 Å². The van der Waals surface area contributed by atoms with Crippen molar-refractivity contribution in [2.45, 2.75) is 20.8 Å². The number of allylic oxidation sites excluding steroid dienone is 1. The van der Waals surface area contributed by atoms with E-state index < -0.39 is 0 Å². The van der Waals surface area contributed by atoms with E-state index in [9.17, 15) is 14.4 Å². The van der Waals surface area contributed by atoms with E-state index in [0.717, 1.165) is 11.1 Å². The molecule has 0 saturated heterocycles. The molecular formula is C28H25NO5. The SMILES string of the molecule is CCOc1cc(C=C2C(=O)c3ccccc3C2=O)ccc1OCC(=O)Nc1ccc(C)c(C)c1. The van der Waals surface area contributed by atoms with E-state index in [4.69, 9.17) is 9.47 Å². The lowest BCUT2D eigenvalue weighted by molar-refractivity contribution is -0.118. The number of rotatable bonds is 7. The lowest BCUT2D eigenvalue weighted by Crippen LogP contribution is -2.20. The van der Waals surface area contributed by atoms with Crippen LogP contribution in [-0.4, -0.2) is 30.7 Å². The number of benzene rings is 3. The summed E-state index contributed by atoms with van der Waals surface area (Å²) in [7, 11) is 0. The molecule has 1 aliphatic rings. The monoisotopic (exact) mass is 455 g/mol. The molecule has 0 radical (unpaired) electrons. The molecule has 0 aromatic heterocycles. The zero-order valence-corrected chi connectivity index (χ0v) is 19.3. The molecule has 3 aromatic carbocycles. The van der Waals surface area contributed by atoms with E-state index in [1.54, 1.807) is 48.5 Å². The van der Waals surface area contributed by atoms with Crippen molar-refractivity contribution in [1.29, 1.82) is 0 Å². The maximum Gasteiger partial charge on any atom is 0.262 e. The van der Waals surface area contributed by atoms with Gasteiger partial charge >= 0.3 is 0 Å².